The van der Waals surface area contributed by atoms with Crippen molar-refractivity contribution in [3.8, 4) is 0 Å². The van der Waals surface area contributed by atoms with Gasteiger partial charge in [-0.05, 0) is 43.5 Å². The molecule has 2 fully saturated rings. The van der Waals surface area contributed by atoms with E-state index >= 15 is 0 Å². The van der Waals surface area contributed by atoms with Crippen molar-refractivity contribution >= 4 is 28.5 Å². The minimum Gasteiger partial charge on any atom is -0.463 e. The Kier molecular flexibility index (Phi) is 3.16. The zero-order valence-electron chi connectivity index (χ0n) is 11.6. The highest BCUT2D eigenvalue weighted by atomic mass is 35.5. The molecule has 2 aliphatic rings. The minimum atomic E-state index is -0.0262. The van der Waals surface area contributed by atoms with Crippen molar-refractivity contribution in [2.75, 3.05) is 19.6 Å². The van der Waals surface area contributed by atoms with Crippen LogP contribution in [0.15, 0.2) is 28.9 Å². The van der Waals surface area contributed by atoms with Crippen LogP contribution in [0.25, 0.3) is 11.0 Å². The van der Waals surface area contributed by atoms with Crippen LogP contribution in [0.5, 0.6) is 0 Å². The lowest BCUT2D eigenvalue weighted by molar-refractivity contribution is 0.0909. The summed E-state index contributed by atoms with van der Waals surface area (Å²) in [4.78, 5) is 14.9. The second-order valence-corrected chi connectivity index (χ2v) is 6.52. The molecule has 2 bridgehead atoms. The van der Waals surface area contributed by atoms with Crippen LogP contribution >= 0.6 is 11.6 Å². The van der Waals surface area contributed by atoms with Gasteiger partial charge in [0.15, 0.2) is 0 Å². The molecule has 3 atom stereocenters. The number of rotatable bonds is 2. The van der Waals surface area contributed by atoms with E-state index in [2.05, 4.69) is 10.2 Å². The quantitative estimate of drug-likeness (QED) is 0.928. The first-order chi connectivity index (χ1) is 10.2. The molecule has 1 N–H and O–H groups in total. The molecule has 1 aromatic carbocycles. The summed E-state index contributed by atoms with van der Waals surface area (Å²) in [6.07, 6.45) is 3.86. The monoisotopic (exact) mass is 304 g/mol. The van der Waals surface area contributed by atoms with Crippen LogP contribution in [0.4, 0.5) is 0 Å². The van der Waals surface area contributed by atoms with E-state index in [0.29, 0.717) is 16.2 Å². The normalized spacial score (nSPS) is 28.0. The predicted octanol–water partition coefficient (Wildman–Crippen LogP) is 2.91. The highest BCUT2D eigenvalue weighted by Crippen LogP contribution is 2.28. The Balaban J connectivity index is 1.52. The summed E-state index contributed by atoms with van der Waals surface area (Å²) in [7, 11) is 0. The summed E-state index contributed by atoms with van der Waals surface area (Å²) >= 11 is 6.06. The van der Waals surface area contributed by atoms with E-state index in [9.17, 15) is 4.79 Å². The predicted molar refractivity (Wildman–Crippen MR) is 81.6 cm³/mol. The number of piperidine rings is 1. The van der Waals surface area contributed by atoms with Crippen LogP contribution in [0.2, 0.25) is 5.02 Å². The summed E-state index contributed by atoms with van der Waals surface area (Å²) in [5, 5.41) is 4.49. The van der Waals surface area contributed by atoms with Gasteiger partial charge in [0.2, 0.25) is 0 Å². The number of halogens is 1. The lowest BCUT2D eigenvalue weighted by Gasteiger charge is -2.30. The highest BCUT2D eigenvalue weighted by Gasteiger charge is 2.32. The molecule has 2 saturated heterocycles. The van der Waals surface area contributed by atoms with Crippen molar-refractivity contribution in [1.82, 2.24) is 10.2 Å². The highest BCUT2D eigenvalue weighted by molar-refractivity contribution is 6.35. The van der Waals surface area contributed by atoms with Gasteiger partial charge in [-0.25, -0.2) is 0 Å². The van der Waals surface area contributed by atoms with Crippen molar-refractivity contribution in [2.24, 2.45) is 5.92 Å². The Morgan fingerprint density at radius 1 is 1.38 bits per heavy atom. The summed E-state index contributed by atoms with van der Waals surface area (Å²) in [5.41, 5.74) is 1.34. The smallest absolute Gasteiger partial charge is 0.251 e. The number of carbonyl (C=O) groups is 1. The lowest BCUT2D eigenvalue weighted by atomic mass is 9.96. The average Bonchev–Trinajstić information content (AvgIpc) is 3.02. The molecule has 4 nitrogen and oxygen atoms in total. The van der Waals surface area contributed by atoms with Gasteiger partial charge in [-0.1, -0.05) is 11.6 Å². The largest absolute Gasteiger partial charge is 0.463 e. The van der Waals surface area contributed by atoms with E-state index in [-0.39, 0.29) is 11.9 Å². The van der Waals surface area contributed by atoms with Gasteiger partial charge in [-0.3, -0.25) is 4.79 Å². The molecule has 2 aliphatic heterocycles. The fraction of sp³-hybridized carbons (Fsp3) is 0.438. The van der Waals surface area contributed by atoms with Gasteiger partial charge >= 0.3 is 0 Å². The van der Waals surface area contributed by atoms with Crippen molar-refractivity contribution in [2.45, 2.75) is 18.9 Å². The van der Waals surface area contributed by atoms with Crippen LogP contribution in [-0.2, 0) is 0 Å². The molecular weight excluding hydrogens is 288 g/mol. The third-order valence-electron chi connectivity index (χ3n) is 4.59. The van der Waals surface area contributed by atoms with Crippen molar-refractivity contribution in [3.63, 3.8) is 0 Å². The summed E-state index contributed by atoms with van der Waals surface area (Å²) in [6.45, 7) is 3.34. The second-order valence-electron chi connectivity index (χ2n) is 6.11. The fourth-order valence-corrected chi connectivity index (χ4v) is 3.76. The van der Waals surface area contributed by atoms with Crippen LogP contribution in [-0.4, -0.2) is 36.5 Å². The van der Waals surface area contributed by atoms with Gasteiger partial charge in [-0.2, -0.15) is 0 Å². The Bertz CT molecular complexity index is 685. The number of benzene rings is 1. The molecule has 1 amide bonds. The first-order valence-electron chi connectivity index (χ1n) is 7.39. The van der Waals surface area contributed by atoms with Crippen LogP contribution < -0.4 is 5.32 Å². The molecule has 5 heteroatoms. The fourth-order valence-electron chi connectivity index (χ4n) is 3.57. The molecular formula is C16H17ClN2O2. The molecule has 4 rings (SSSR count). The Morgan fingerprint density at radius 3 is 3.14 bits per heavy atom. The molecule has 0 spiro atoms. The van der Waals surface area contributed by atoms with Crippen LogP contribution in [0.3, 0.4) is 0 Å². The van der Waals surface area contributed by atoms with E-state index in [0.717, 1.165) is 24.3 Å². The number of nitrogens with one attached hydrogen (secondary N) is 1. The van der Waals surface area contributed by atoms with Crippen LogP contribution in [0, 0.1) is 5.92 Å². The number of furan rings is 1. The Labute approximate surface area is 128 Å². The number of hydrogen-bond donors (Lipinski definition) is 1. The lowest BCUT2D eigenvalue weighted by Crippen LogP contribution is -2.47. The molecule has 1 unspecified atom stereocenters. The molecule has 0 aliphatic carbocycles. The van der Waals surface area contributed by atoms with Crippen molar-refractivity contribution in [3.05, 3.63) is 35.0 Å². The molecule has 21 heavy (non-hydrogen) atoms. The second kappa shape index (κ2) is 5.04. The summed E-state index contributed by atoms with van der Waals surface area (Å²) in [5.74, 6) is 0.719. The maximum absolute atomic E-state index is 12.4. The maximum Gasteiger partial charge on any atom is 0.251 e. The molecule has 110 valence electrons. The molecule has 0 radical (unpaired) electrons. The minimum absolute atomic E-state index is 0.0262. The third kappa shape index (κ3) is 2.43. The Hall–Kier alpha value is -1.52. The van der Waals surface area contributed by atoms with Gasteiger partial charge < -0.3 is 14.6 Å². The number of carbonyl (C=O) groups excluding carboxylic acids is 1. The van der Waals surface area contributed by atoms with Gasteiger partial charge in [0.05, 0.1) is 5.02 Å². The maximum atomic E-state index is 12.4. The van der Waals surface area contributed by atoms with Crippen LogP contribution in [0.1, 0.15) is 23.2 Å². The first kappa shape index (κ1) is 13.2. The molecule has 0 saturated carbocycles. The Morgan fingerprint density at radius 2 is 2.29 bits per heavy atom. The SMILES string of the molecule is O=C(N[C@@H]1C[C@H]2CCN(C2)C1)c1ccc2occ(Cl)c2c1. The zero-order valence-corrected chi connectivity index (χ0v) is 12.4. The third-order valence-corrected chi connectivity index (χ3v) is 4.88. The summed E-state index contributed by atoms with van der Waals surface area (Å²) in [6, 6.07) is 5.64. The standard InChI is InChI=1S/C16H17ClN2O2/c17-14-9-21-15-2-1-11(6-13(14)15)16(20)18-12-5-10-3-4-19(7-10)8-12/h1-2,6,9-10,12H,3-5,7-8H2,(H,18,20)/t10-,12-/m1/s1. The summed E-state index contributed by atoms with van der Waals surface area (Å²) < 4.78 is 5.30. The number of amides is 1. The average molecular weight is 305 g/mol. The van der Waals surface area contributed by atoms with Gasteiger partial charge in [0, 0.05) is 30.1 Å². The topological polar surface area (TPSA) is 45.5 Å². The van der Waals surface area contributed by atoms with Gasteiger partial charge in [0.1, 0.15) is 11.8 Å². The van der Waals surface area contributed by atoms with E-state index in [4.69, 9.17) is 16.0 Å². The zero-order chi connectivity index (χ0) is 14.4. The molecule has 1 aromatic heterocycles. The first-order valence-corrected chi connectivity index (χ1v) is 7.77. The van der Waals surface area contributed by atoms with E-state index in [1.807, 2.05) is 0 Å². The molecule has 2 aromatic rings. The number of hydrogen-bond acceptors (Lipinski definition) is 3. The van der Waals surface area contributed by atoms with E-state index < -0.39 is 0 Å². The van der Waals surface area contributed by atoms with Crippen molar-refractivity contribution in [1.29, 1.82) is 0 Å². The van der Waals surface area contributed by atoms with E-state index in [1.165, 1.54) is 25.8 Å². The molecule has 3 heterocycles. The van der Waals surface area contributed by atoms with Gasteiger partial charge in [-0.15, -0.1) is 0 Å². The van der Waals surface area contributed by atoms with Crippen molar-refractivity contribution < 1.29 is 9.21 Å². The van der Waals surface area contributed by atoms with Gasteiger partial charge in [0.25, 0.3) is 5.91 Å². The van der Waals surface area contributed by atoms with E-state index in [1.54, 1.807) is 18.2 Å². The number of fused-ring (bicyclic) bond motifs is 3. The number of nitrogens with zero attached hydrogens (tertiary/aromatic N) is 1.